The van der Waals surface area contributed by atoms with E-state index in [1.54, 1.807) is 18.7 Å². The quantitative estimate of drug-likeness (QED) is 0.748. The van der Waals surface area contributed by atoms with Crippen LogP contribution in [0.25, 0.3) is 0 Å². The molecule has 0 aromatic carbocycles. The van der Waals surface area contributed by atoms with E-state index in [0.717, 1.165) is 12.8 Å². The molecule has 0 aromatic heterocycles. The van der Waals surface area contributed by atoms with Crippen LogP contribution in [0.1, 0.15) is 19.8 Å². The number of carbonyl (C=O) groups is 2. The number of amides is 2. The van der Waals surface area contributed by atoms with Crippen molar-refractivity contribution in [3.63, 3.8) is 0 Å². The van der Waals surface area contributed by atoms with Gasteiger partial charge in [-0.05, 0) is 25.7 Å². The van der Waals surface area contributed by atoms with Gasteiger partial charge >= 0.3 is 12.0 Å². The van der Waals surface area contributed by atoms with E-state index in [1.165, 1.54) is 4.90 Å². The molecule has 2 aliphatic rings. The van der Waals surface area contributed by atoms with Crippen molar-refractivity contribution in [2.24, 2.45) is 5.92 Å². The molecule has 6 heteroatoms. The molecule has 1 saturated heterocycles. The first-order valence-electron chi connectivity index (χ1n) is 5.95. The zero-order valence-electron chi connectivity index (χ0n) is 10.2. The molecule has 98 valence electrons. The average molecular weight is 268 g/mol. The van der Waals surface area contributed by atoms with Crippen LogP contribution in [0.4, 0.5) is 4.79 Å². The third-order valence-corrected chi connectivity index (χ3v) is 4.55. The minimum atomic E-state index is -0.928. The highest BCUT2D eigenvalue weighted by Gasteiger charge is 2.47. The molecular formula is C12H16N2O3S. The second-order valence-electron chi connectivity index (χ2n) is 4.41. The largest absolute Gasteiger partial charge is 0.480 e. The summed E-state index contributed by atoms with van der Waals surface area (Å²) in [5.41, 5.74) is 0. The lowest BCUT2D eigenvalue weighted by atomic mass is 10.2. The Balaban J connectivity index is 2.04. The average Bonchev–Trinajstić information content (AvgIpc) is 3.07. The summed E-state index contributed by atoms with van der Waals surface area (Å²) in [7, 11) is 0. The number of carboxylic acid groups (broad SMARTS) is 1. The second-order valence-corrected chi connectivity index (χ2v) is 5.56. The van der Waals surface area contributed by atoms with Crippen LogP contribution >= 0.6 is 11.8 Å². The van der Waals surface area contributed by atoms with Gasteiger partial charge < -0.3 is 10.4 Å². The van der Waals surface area contributed by atoms with Gasteiger partial charge in [0.05, 0.1) is 11.9 Å². The van der Waals surface area contributed by atoms with E-state index >= 15 is 0 Å². The molecule has 5 nitrogen and oxygen atoms in total. The standard InChI is InChI=1S/C12H16N2O3S/c1-2-3-6-13-12(17)14-9(11(15)16)7-18-10(14)8-4-5-8/h8-10H,4-7H2,1H3,(H,13,17)(H,15,16). The van der Waals surface area contributed by atoms with Gasteiger partial charge in [-0.15, -0.1) is 17.7 Å². The van der Waals surface area contributed by atoms with Crippen LogP contribution in [0.3, 0.4) is 0 Å². The van der Waals surface area contributed by atoms with Crippen LogP contribution in [-0.2, 0) is 4.79 Å². The van der Waals surface area contributed by atoms with Crippen molar-refractivity contribution >= 4 is 23.8 Å². The number of hydrogen-bond donors (Lipinski definition) is 2. The van der Waals surface area contributed by atoms with E-state index < -0.39 is 12.0 Å². The van der Waals surface area contributed by atoms with Gasteiger partial charge in [0.2, 0.25) is 0 Å². The molecule has 2 atom stereocenters. The first-order chi connectivity index (χ1) is 8.65. The highest BCUT2D eigenvalue weighted by Crippen LogP contribution is 2.45. The van der Waals surface area contributed by atoms with E-state index in [1.807, 2.05) is 0 Å². The number of carboxylic acids is 1. The van der Waals surface area contributed by atoms with Gasteiger partial charge in [0.15, 0.2) is 0 Å². The predicted octanol–water partition coefficient (Wildman–Crippen LogP) is 0.957. The Labute approximate surface area is 110 Å². The monoisotopic (exact) mass is 268 g/mol. The van der Waals surface area contributed by atoms with Gasteiger partial charge in [0.25, 0.3) is 0 Å². The summed E-state index contributed by atoms with van der Waals surface area (Å²) in [6, 6.07) is -1.03. The lowest BCUT2D eigenvalue weighted by Gasteiger charge is -2.27. The van der Waals surface area contributed by atoms with E-state index in [9.17, 15) is 9.59 Å². The number of nitrogens with one attached hydrogen (secondary N) is 1. The molecule has 0 bridgehead atoms. The normalized spacial score (nSPS) is 26.4. The number of aliphatic carboxylic acids is 1. The van der Waals surface area contributed by atoms with Gasteiger partial charge in [0, 0.05) is 5.75 Å². The van der Waals surface area contributed by atoms with E-state index in [2.05, 4.69) is 17.2 Å². The third-order valence-electron chi connectivity index (χ3n) is 3.08. The minimum absolute atomic E-state index is 0.0145. The molecule has 1 aliphatic carbocycles. The van der Waals surface area contributed by atoms with Gasteiger partial charge in [-0.2, -0.15) is 0 Å². The van der Waals surface area contributed by atoms with Crippen molar-refractivity contribution < 1.29 is 14.7 Å². The Morgan fingerprint density at radius 3 is 2.78 bits per heavy atom. The number of hydrogen-bond acceptors (Lipinski definition) is 3. The molecular weight excluding hydrogens is 252 g/mol. The molecule has 0 spiro atoms. The molecule has 1 saturated carbocycles. The fourth-order valence-corrected chi connectivity index (χ4v) is 3.65. The highest BCUT2D eigenvalue weighted by atomic mass is 32.2. The van der Waals surface area contributed by atoms with Crippen molar-refractivity contribution in [1.82, 2.24) is 10.2 Å². The fraction of sp³-hybridized carbons (Fsp3) is 0.667. The molecule has 18 heavy (non-hydrogen) atoms. The maximum absolute atomic E-state index is 12.0. The number of rotatable bonds is 3. The first kappa shape index (κ1) is 13.1. The van der Waals surface area contributed by atoms with Crippen molar-refractivity contribution in [3.05, 3.63) is 0 Å². The zero-order valence-corrected chi connectivity index (χ0v) is 11.0. The maximum Gasteiger partial charge on any atom is 0.327 e. The molecule has 0 radical (unpaired) electrons. The van der Waals surface area contributed by atoms with E-state index in [0.29, 0.717) is 11.7 Å². The number of carbonyl (C=O) groups excluding carboxylic acids is 1. The molecule has 2 amide bonds. The van der Waals surface area contributed by atoms with Crippen LogP contribution in [0.5, 0.6) is 0 Å². The van der Waals surface area contributed by atoms with Gasteiger partial charge in [-0.1, -0.05) is 5.92 Å². The number of urea groups is 1. The Morgan fingerprint density at radius 2 is 2.22 bits per heavy atom. The molecule has 2 unspecified atom stereocenters. The summed E-state index contributed by atoms with van der Waals surface area (Å²) >= 11 is 1.57. The summed E-state index contributed by atoms with van der Waals surface area (Å²) in [5, 5.41) is 11.8. The van der Waals surface area contributed by atoms with E-state index in [-0.39, 0.29) is 17.9 Å². The van der Waals surface area contributed by atoms with Gasteiger partial charge in [-0.25, -0.2) is 9.59 Å². The van der Waals surface area contributed by atoms with Crippen LogP contribution in [-0.4, -0.2) is 45.7 Å². The van der Waals surface area contributed by atoms with Crippen LogP contribution < -0.4 is 5.32 Å². The van der Waals surface area contributed by atoms with Crippen molar-refractivity contribution in [2.45, 2.75) is 31.2 Å². The molecule has 2 N–H and O–H groups in total. The smallest absolute Gasteiger partial charge is 0.327 e. The predicted molar refractivity (Wildman–Crippen MR) is 69.1 cm³/mol. The van der Waals surface area contributed by atoms with Crippen LogP contribution in [0.2, 0.25) is 0 Å². The second kappa shape index (κ2) is 5.53. The van der Waals surface area contributed by atoms with Crippen LogP contribution in [0.15, 0.2) is 0 Å². The summed E-state index contributed by atoms with van der Waals surface area (Å²) < 4.78 is 0. The Hall–Kier alpha value is -1.35. The highest BCUT2D eigenvalue weighted by molar-refractivity contribution is 8.00. The van der Waals surface area contributed by atoms with E-state index in [4.69, 9.17) is 5.11 Å². The Bertz CT molecular complexity index is 411. The van der Waals surface area contributed by atoms with Crippen LogP contribution in [0, 0.1) is 17.8 Å². The lowest BCUT2D eigenvalue weighted by molar-refractivity contribution is -0.141. The Kier molecular flexibility index (Phi) is 4.02. The first-order valence-corrected chi connectivity index (χ1v) is 7.00. The molecule has 2 fully saturated rings. The molecule has 1 aliphatic heterocycles. The summed E-state index contributed by atoms with van der Waals surface area (Å²) in [4.78, 5) is 24.7. The SMILES string of the molecule is CC#CCNC(=O)N1C(C(=O)O)CSC1C1CC1. The number of nitrogens with zero attached hydrogens (tertiary/aromatic N) is 1. The summed E-state index contributed by atoms with van der Waals surface area (Å²) in [6.45, 7) is 1.96. The van der Waals surface area contributed by atoms with Gasteiger partial charge in [0.1, 0.15) is 6.04 Å². The summed E-state index contributed by atoms with van der Waals surface area (Å²) in [5.74, 6) is 5.44. The van der Waals surface area contributed by atoms with Crippen molar-refractivity contribution in [3.8, 4) is 11.8 Å². The fourth-order valence-electron chi connectivity index (χ4n) is 2.02. The molecule has 1 heterocycles. The third kappa shape index (κ3) is 2.72. The number of thioether (sulfide) groups is 1. The maximum atomic E-state index is 12.0. The summed E-state index contributed by atoms with van der Waals surface area (Å²) in [6.07, 6.45) is 2.17. The molecule has 0 aromatic rings. The lowest BCUT2D eigenvalue weighted by Crippen LogP contribution is -2.50. The Morgan fingerprint density at radius 1 is 1.50 bits per heavy atom. The zero-order chi connectivity index (χ0) is 13.1. The minimum Gasteiger partial charge on any atom is -0.480 e. The van der Waals surface area contributed by atoms with Crippen molar-refractivity contribution in [1.29, 1.82) is 0 Å². The van der Waals surface area contributed by atoms with Gasteiger partial charge in [-0.3, -0.25) is 4.90 Å². The topological polar surface area (TPSA) is 69.6 Å². The van der Waals surface area contributed by atoms with Crippen molar-refractivity contribution in [2.75, 3.05) is 12.3 Å². The molecule has 2 rings (SSSR count).